The van der Waals surface area contributed by atoms with Crippen molar-refractivity contribution in [3.63, 3.8) is 0 Å². The summed E-state index contributed by atoms with van der Waals surface area (Å²) in [7, 11) is 2.69. The molecule has 4 aromatic rings. The number of aromatic nitrogens is 3. The van der Waals surface area contributed by atoms with Gasteiger partial charge in [0.05, 0.1) is 25.6 Å². The molecule has 0 fully saturated rings. The average molecular weight is 414 g/mol. The van der Waals surface area contributed by atoms with Crippen LogP contribution in [0.2, 0.25) is 5.02 Å². The topological polar surface area (TPSA) is 98.7 Å². The first-order valence-electron chi connectivity index (χ1n) is 8.51. The van der Waals surface area contributed by atoms with Gasteiger partial charge in [-0.15, -0.1) is 0 Å². The predicted molar refractivity (Wildman–Crippen MR) is 107 cm³/mol. The smallest absolute Gasteiger partial charge is 0.359 e. The summed E-state index contributed by atoms with van der Waals surface area (Å²) in [6.45, 7) is 0. The molecule has 9 heteroatoms. The van der Waals surface area contributed by atoms with Crippen molar-refractivity contribution < 1.29 is 24.5 Å². The number of rotatable bonds is 4. The quantitative estimate of drug-likeness (QED) is 0.495. The largest absolute Gasteiger partial charge is 0.495 e. The highest BCUT2D eigenvalue weighted by atomic mass is 35.5. The third kappa shape index (κ3) is 2.85. The minimum Gasteiger partial charge on any atom is -0.495 e. The Bertz CT molecular complexity index is 1230. The SMILES string of the molecule is COC(=O)c1nn(-c2ccc(Cl)cc2)c2c(O)n(-c3ccccc3OC)c(O)c12. The van der Waals surface area contributed by atoms with Crippen molar-refractivity contribution >= 4 is 28.5 Å². The molecule has 0 radical (unpaired) electrons. The molecule has 0 spiro atoms. The van der Waals surface area contributed by atoms with Gasteiger partial charge in [-0.1, -0.05) is 23.7 Å². The summed E-state index contributed by atoms with van der Waals surface area (Å²) in [4.78, 5) is 12.3. The van der Waals surface area contributed by atoms with Gasteiger partial charge in [0.25, 0.3) is 0 Å². The van der Waals surface area contributed by atoms with E-state index in [1.54, 1.807) is 48.5 Å². The summed E-state index contributed by atoms with van der Waals surface area (Å²) in [6.07, 6.45) is 0. The summed E-state index contributed by atoms with van der Waals surface area (Å²) in [5, 5.41) is 26.8. The summed E-state index contributed by atoms with van der Waals surface area (Å²) in [5.41, 5.74) is 0.914. The zero-order valence-corrected chi connectivity index (χ0v) is 16.2. The molecule has 148 valence electrons. The van der Waals surface area contributed by atoms with Crippen LogP contribution in [0.25, 0.3) is 22.3 Å². The van der Waals surface area contributed by atoms with Crippen molar-refractivity contribution in [1.29, 1.82) is 0 Å². The highest BCUT2D eigenvalue weighted by Gasteiger charge is 2.30. The Morgan fingerprint density at radius 1 is 1.03 bits per heavy atom. The van der Waals surface area contributed by atoms with Crippen molar-refractivity contribution in [3.05, 3.63) is 59.2 Å². The molecule has 4 rings (SSSR count). The van der Waals surface area contributed by atoms with Gasteiger partial charge in [0.15, 0.2) is 5.69 Å². The first kappa shape index (κ1) is 18.7. The minimum atomic E-state index is -0.754. The van der Waals surface area contributed by atoms with E-state index in [2.05, 4.69) is 5.10 Å². The van der Waals surface area contributed by atoms with Crippen LogP contribution in [-0.2, 0) is 4.74 Å². The second-order valence-electron chi connectivity index (χ2n) is 6.11. The van der Waals surface area contributed by atoms with Gasteiger partial charge in [0.2, 0.25) is 11.8 Å². The van der Waals surface area contributed by atoms with Crippen molar-refractivity contribution in [1.82, 2.24) is 14.3 Å². The third-order valence-corrected chi connectivity index (χ3v) is 4.77. The zero-order chi connectivity index (χ0) is 20.7. The number of hydrogen-bond donors (Lipinski definition) is 2. The first-order chi connectivity index (χ1) is 14.0. The lowest BCUT2D eigenvalue weighted by atomic mass is 10.2. The summed E-state index contributed by atoms with van der Waals surface area (Å²) in [6, 6.07) is 13.5. The van der Waals surface area contributed by atoms with E-state index in [1.807, 2.05) is 0 Å². The van der Waals surface area contributed by atoms with Gasteiger partial charge in [0.1, 0.15) is 16.7 Å². The van der Waals surface area contributed by atoms with Crippen molar-refractivity contribution in [2.75, 3.05) is 14.2 Å². The number of para-hydroxylation sites is 2. The Labute approximate surface area is 170 Å². The van der Waals surface area contributed by atoms with E-state index in [9.17, 15) is 15.0 Å². The Balaban J connectivity index is 2.09. The lowest BCUT2D eigenvalue weighted by Gasteiger charge is -2.12. The number of carbonyl (C=O) groups is 1. The molecule has 2 N–H and O–H groups in total. The molecule has 2 aromatic heterocycles. The second-order valence-corrected chi connectivity index (χ2v) is 6.54. The molecule has 0 saturated carbocycles. The van der Waals surface area contributed by atoms with Crippen LogP contribution in [0.15, 0.2) is 48.5 Å². The molecule has 0 aliphatic carbocycles. The van der Waals surface area contributed by atoms with E-state index in [0.29, 0.717) is 22.1 Å². The number of carbonyl (C=O) groups excluding carboxylic acids is 1. The van der Waals surface area contributed by atoms with E-state index in [-0.39, 0.29) is 28.4 Å². The fourth-order valence-electron chi connectivity index (χ4n) is 3.21. The fourth-order valence-corrected chi connectivity index (χ4v) is 3.33. The lowest BCUT2D eigenvalue weighted by Crippen LogP contribution is -2.06. The molecule has 0 atom stereocenters. The molecule has 0 saturated heterocycles. The highest BCUT2D eigenvalue weighted by Crippen LogP contribution is 2.43. The van der Waals surface area contributed by atoms with Gasteiger partial charge in [-0.2, -0.15) is 5.10 Å². The van der Waals surface area contributed by atoms with E-state index in [1.165, 1.54) is 23.5 Å². The summed E-state index contributed by atoms with van der Waals surface area (Å²) in [5.74, 6) is -1.03. The second kappa shape index (κ2) is 7.06. The summed E-state index contributed by atoms with van der Waals surface area (Å²) >= 11 is 5.96. The molecule has 8 nitrogen and oxygen atoms in total. The van der Waals surface area contributed by atoms with Gasteiger partial charge in [-0.25, -0.2) is 14.0 Å². The van der Waals surface area contributed by atoms with Crippen LogP contribution in [0.5, 0.6) is 17.5 Å². The van der Waals surface area contributed by atoms with Crippen molar-refractivity contribution in [3.8, 4) is 28.9 Å². The van der Waals surface area contributed by atoms with E-state index in [0.717, 1.165) is 0 Å². The maximum absolute atomic E-state index is 12.3. The highest BCUT2D eigenvalue weighted by molar-refractivity contribution is 6.30. The molecule has 0 unspecified atom stereocenters. The van der Waals surface area contributed by atoms with Crippen LogP contribution in [0.3, 0.4) is 0 Å². The van der Waals surface area contributed by atoms with Gasteiger partial charge < -0.3 is 19.7 Å². The number of nitrogens with zero attached hydrogens (tertiary/aromatic N) is 3. The Morgan fingerprint density at radius 2 is 1.72 bits per heavy atom. The maximum atomic E-state index is 12.3. The van der Waals surface area contributed by atoms with E-state index in [4.69, 9.17) is 21.1 Å². The van der Waals surface area contributed by atoms with Gasteiger partial charge in [-0.3, -0.25) is 0 Å². The minimum absolute atomic E-state index is 0.0511. The van der Waals surface area contributed by atoms with Crippen LogP contribution >= 0.6 is 11.6 Å². The van der Waals surface area contributed by atoms with Crippen LogP contribution in [-0.4, -0.2) is 44.7 Å². The molecule has 29 heavy (non-hydrogen) atoms. The molecular formula is C20H16ClN3O5. The number of fused-ring (bicyclic) bond motifs is 1. The Hall–Kier alpha value is -3.65. The van der Waals surface area contributed by atoms with Crippen molar-refractivity contribution in [2.24, 2.45) is 0 Å². The van der Waals surface area contributed by atoms with Crippen LogP contribution in [0.4, 0.5) is 0 Å². The Morgan fingerprint density at radius 3 is 2.38 bits per heavy atom. The maximum Gasteiger partial charge on any atom is 0.359 e. The van der Waals surface area contributed by atoms with Crippen LogP contribution < -0.4 is 4.74 Å². The number of aromatic hydroxyl groups is 2. The normalized spacial score (nSPS) is 11.0. The summed E-state index contributed by atoms with van der Waals surface area (Å²) < 4.78 is 12.7. The van der Waals surface area contributed by atoms with Gasteiger partial charge in [0, 0.05) is 5.02 Å². The fraction of sp³-hybridized carbons (Fsp3) is 0.100. The van der Waals surface area contributed by atoms with E-state index >= 15 is 0 Å². The standard InChI is InChI=1S/C20H16ClN3O5/c1-28-14-6-4-3-5-13(14)23-18(25)15-16(20(27)29-2)22-24(17(15)19(23)26)12-9-7-11(21)8-10-12/h3-10,25-26H,1-2H3. The van der Waals surface area contributed by atoms with E-state index < -0.39 is 5.97 Å². The number of methoxy groups -OCH3 is 2. The molecule has 0 bridgehead atoms. The first-order valence-corrected chi connectivity index (χ1v) is 8.88. The van der Waals surface area contributed by atoms with Gasteiger partial charge in [-0.05, 0) is 36.4 Å². The van der Waals surface area contributed by atoms with Crippen LogP contribution in [0.1, 0.15) is 10.5 Å². The number of benzene rings is 2. The molecule has 2 aromatic carbocycles. The zero-order valence-electron chi connectivity index (χ0n) is 15.5. The molecule has 2 heterocycles. The molecular weight excluding hydrogens is 398 g/mol. The molecule has 0 amide bonds. The monoisotopic (exact) mass is 413 g/mol. The van der Waals surface area contributed by atoms with Crippen LogP contribution in [0, 0.1) is 0 Å². The Kier molecular flexibility index (Phi) is 4.56. The molecule has 0 aliphatic heterocycles. The molecule has 0 aliphatic rings. The average Bonchev–Trinajstić information content (AvgIpc) is 3.25. The predicted octanol–water partition coefficient (Wildman–Crippen LogP) is 3.68. The van der Waals surface area contributed by atoms with Crippen molar-refractivity contribution in [2.45, 2.75) is 0 Å². The lowest BCUT2D eigenvalue weighted by molar-refractivity contribution is 0.0595. The number of esters is 1. The van der Waals surface area contributed by atoms with Gasteiger partial charge >= 0.3 is 5.97 Å². The number of hydrogen-bond acceptors (Lipinski definition) is 6. The third-order valence-electron chi connectivity index (χ3n) is 4.52. The number of ether oxygens (including phenoxy) is 2. The number of halogens is 1.